The van der Waals surface area contributed by atoms with Crippen LogP contribution in [-0.4, -0.2) is 41.0 Å². The van der Waals surface area contributed by atoms with E-state index in [0.29, 0.717) is 54.8 Å². The normalized spacial score (nSPS) is 30.9. The molecule has 2 aliphatic carbocycles. The third-order valence-corrected chi connectivity index (χ3v) is 9.32. The average molecular weight is 548 g/mol. The third-order valence-electron chi connectivity index (χ3n) is 8.79. The highest BCUT2D eigenvalue weighted by atomic mass is 35.5. The highest BCUT2D eigenvalue weighted by Crippen LogP contribution is 2.59. The Morgan fingerprint density at radius 3 is 2.49 bits per heavy atom. The van der Waals surface area contributed by atoms with Crippen LogP contribution in [0.2, 0.25) is 10.0 Å². The molecular weight excluding hydrogens is 516 g/mol. The molecular formula is C28H32Cl2FN3O3. The molecule has 3 aliphatic rings. The average Bonchev–Trinajstić information content (AvgIpc) is 3.46. The van der Waals surface area contributed by atoms with Gasteiger partial charge in [0, 0.05) is 28.2 Å². The Hall–Kier alpha value is -2.19. The van der Waals surface area contributed by atoms with Crippen molar-refractivity contribution in [3.8, 4) is 0 Å². The molecule has 5 N–H and O–H groups in total. The maximum Gasteiger partial charge on any atom is 0.238 e. The van der Waals surface area contributed by atoms with Crippen LogP contribution in [0, 0.1) is 5.82 Å². The molecule has 1 heterocycles. The summed E-state index contributed by atoms with van der Waals surface area (Å²) in [5.41, 5.74) is 5.40. The van der Waals surface area contributed by atoms with Gasteiger partial charge in [0.2, 0.25) is 5.91 Å². The lowest BCUT2D eigenvalue weighted by Gasteiger charge is -2.43. The first-order valence-electron chi connectivity index (χ1n) is 12.9. The lowest BCUT2D eigenvalue weighted by Crippen LogP contribution is -2.56. The molecule has 37 heavy (non-hydrogen) atoms. The molecule has 3 unspecified atom stereocenters. The van der Waals surface area contributed by atoms with Gasteiger partial charge in [0.15, 0.2) is 0 Å². The van der Waals surface area contributed by atoms with Crippen molar-refractivity contribution in [1.82, 2.24) is 10.6 Å². The summed E-state index contributed by atoms with van der Waals surface area (Å²) in [5, 5.41) is 16.9. The Morgan fingerprint density at radius 2 is 1.84 bits per heavy atom. The van der Waals surface area contributed by atoms with Gasteiger partial charge >= 0.3 is 0 Å². The van der Waals surface area contributed by atoms with E-state index in [4.69, 9.17) is 28.9 Å². The fraction of sp³-hybridized carbons (Fsp3) is 0.500. The fourth-order valence-electron chi connectivity index (χ4n) is 7.10. The summed E-state index contributed by atoms with van der Waals surface area (Å²) in [6.45, 7) is 0. The summed E-state index contributed by atoms with van der Waals surface area (Å²) in [7, 11) is 0. The molecule has 198 valence electrons. The zero-order chi connectivity index (χ0) is 26.4. The van der Waals surface area contributed by atoms with Crippen molar-refractivity contribution < 1.29 is 19.1 Å². The number of aldehydes is 1. The molecule has 0 aromatic heterocycles. The molecule has 1 spiro atoms. The minimum Gasteiger partial charge on any atom is -0.398 e. The molecule has 3 fully saturated rings. The maximum absolute atomic E-state index is 15.7. The smallest absolute Gasteiger partial charge is 0.238 e. The lowest BCUT2D eigenvalue weighted by molar-refractivity contribution is -0.124. The van der Waals surface area contributed by atoms with E-state index in [1.807, 2.05) is 0 Å². The van der Waals surface area contributed by atoms with Crippen LogP contribution in [0.3, 0.4) is 0 Å². The van der Waals surface area contributed by atoms with Gasteiger partial charge in [0.05, 0.1) is 22.6 Å². The molecule has 1 aliphatic heterocycles. The molecule has 6 nitrogen and oxygen atoms in total. The Labute approximate surface area is 226 Å². The molecule has 3 atom stereocenters. The zero-order valence-electron chi connectivity index (χ0n) is 20.5. The lowest BCUT2D eigenvalue weighted by atomic mass is 9.58. The second kappa shape index (κ2) is 10.2. The summed E-state index contributed by atoms with van der Waals surface area (Å²) < 4.78 is 15.7. The SMILES string of the molecule is Nc1cc(Cl)ccc1C1(C=O)C(c2cccc(Cl)c2F)C(C(=O)NC2CCC(O)CC2)NC12CCCC2. The number of aliphatic hydroxyl groups excluding tert-OH is 1. The largest absolute Gasteiger partial charge is 0.398 e. The molecule has 5 rings (SSSR count). The molecule has 2 saturated carbocycles. The topological polar surface area (TPSA) is 104 Å². The number of benzene rings is 2. The van der Waals surface area contributed by atoms with Gasteiger partial charge in [-0.3, -0.25) is 10.1 Å². The molecule has 0 bridgehead atoms. The number of carbonyl (C=O) groups excluding carboxylic acids is 2. The first-order valence-corrected chi connectivity index (χ1v) is 13.7. The van der Waals surface area contributed by atoms with Crippen LogP contribution in [-0.2, 0) is 15.0 Å². The number of anilines is 1. The van der Waals surface area contributed by atoms with Gasteiger partial charge in [0.1, 0.15) is 12.1 Å². The van der Waals surface area contributed by atoms with Crippen molar-refractivity contribution in [3.05, 3.63) is 63.4 Å². The van der Waals surface area contributed by atoms with E-state index in [2.05, 4.69) is 10.6 Å². The number of nitrogens with two attached hydrogens (primary N) is 1. The second-order valence-electron chi connectivity index (χ2n) is 10.8. The molecule has 2 aromatic carbocycles. The summed E-state index contributed by atoms with van der Waals surface area (Å²) in [6.07, 6.45) is 6.01. The summed E-state index contributed by atoms with van der Waals surface area (Å²) in [5.74, 6) is -1.85. The molecule has 1 saturated heterocycles. The van der Waals surface area contributed by atoms with Crippen LogP contribution in [0.4, 0.5) is 10.1 Å². The van der Waals surface area contributed by atoms with Crippen LogP contribution in [0.5, 0.6) is 0 Å². The molecule has 2 aromatic rings. The van der Waals surface area contributed by atoms with Crippen LogP contribution in [0.1, 0.15) is 68.4 Å². The van der Waals surface area contributed by atoms with Gasteiger partial charge in [-0.1, -0.05) is 54.2 Å². The minimum atomic E-state index is -1.34. The Morgan fingerprint density at radius 1 is 1.14 bits per heavy atom. The third kappa shape index (κ3) is 4.34. The predicted octanol–water partition coefficient (Wildman–Crippen LogP) is 4.64. The van der Waals surface area contributed by atoms with E-state index in [1.165, 1.54) is 6.07 Å². The minimum absolute atomic E-state index is 0.0748. The van der Waals surface area contributed by atoms with Gasteiger partial charge in [-0.05, 0) is 67.9 Å². The Bertz CT molecular complexity index is 1200. The molecule has 1 amide bonds. The number of nitrogen functional groups attached to an aromatic ring is 1. The quantitative estimate of drug-likeness (QED) is 0.322. The first-order chi connectivity index (χ1) is 17.7. The number of carbonyl (C=O) groups is 2. The van der Waals surface area contributed by atoms with E-state index < -0.39 is 28.7 Å². The van der Waals surface area contributed by atoms with Crippen molar-refractivity contribution in [2.24, 2.45) is 0 Å². The number of rotatable bonds is 5. The van der Waals surface area contributed by atoms with Gasteiger partial charge in [0.25, 0.3) is 0 Å². The van der Waals surface area contributed by atoms with Crippen LogP contribution in [0.15, 0.2) is 36.4 Å². The summed E-state index contributed by atoms with van der Waals surface area (Å²) in [4.78, 5) is 27.4. The monoisotopic (exact) mass is 547 g/mol. The van der Waals surface area contributed by atoms with Crippen LogP contribution in [0.25, 0.3) is 0 Å². The highest BCUT2D eigenvalue weighted by molar-refractivity contribution is 6.31. The van der Waals surface area contributed by atoms with Gasteiger partial charge in [-0.15, -0.1) is 0 Å². The van der Waals surface area contributed by atoms with Crippen LogP contribution < -0.4 is 16.4 Å². The van der Waals surface area contributed by atoms with E-state index >= 15 is 4.39 Å². The fourth-order valence-corrected chi connectivity index (χ4v) is 7.46. The second-order valence-corrected chi connectivity index (χ2v) is 11.6. The van der Waals surface area contributed by atoms with E-state index in [-0.39, 0.29) is 28.6 Å². The number of hydrogen-bond donors (Lipinski definition) is 4. The van der Waals surface area contributed by atoms with Gasteiger partial charge in [-0.2, -0.15) is 0 Å². The van der Waals surface area contributed by atoms with Gasteiger partial charge in [-0.25, -0.2) is 4.39 Å². The number of amides is 1. The van der Waals surface area contributed by atoms with Crippen molar-refractivity contribution >= 4 is 41.1 Å². The number of nitrogens with one attached hydrogen (secondary N) is 2. The van der Waals surface area contributed by atoms with Gasteiger partial charge < -0.3 is 21.0 Å². The number of hydrogen-bond acceptors (Lipinski definition) is 5. The van der Waals surface area contributed by atoms with Crippen molar-refractivity contribution in [3.63, 3.8) is 0 Å². The van der Waals surface area contributed by atoms with Crippen LogP contribution >= 0.6 is 23.2 Å². The van der Waals surface area contributed by atoms with Crippen molar-refractivity contribution in [2.75, 3.05) is 5.73 Å². The number of halogens is 3. The first kappa shape index (κ1) is 26.4. The standard InChI is InChI=1S/C28H32Cl2FN3O3/c29-16-6-11-20(22(32)14-16)28(15-35)23(19-4-3-5-21(30)24(19)31)25(34-27(28)12-1-2-13-27)26(37)33-17-7-9-18(36)10-8-17/h3-6,11,14-15,17-18,23,25,34,36H,1-2,7-10,12-13,32H2,(H,33,37). The van der Waals surface area contributed by atoms with Crippen molar-refractivity contribution in [2.45, 2.75) is 86.4 Å². The maximum atomic E-state index is 15.7. The van der Waals surface area contributed by atoms with E-state index in [1.54, 1.807) is 30.3 Å². The van der Waals surface area contributed by atoms with E-state index in [9.17, 15) is 14.7 Å². The Kier molecular flexibility index (Phi) is 7.26. The van der Waals surface area contributed by atoms with Crippen molar-refractivity contribution in [1.29, 1.82) is 0 Å². The Balaban J connectivity index is 1.68. The van der Waals surface area contributed by atoms with E-state index in [0.717, 1.165) is 19.1 Å². The summed E-state index contributed by atoms with van der Waals surface area (Å²) >= 11 is 12.4. The number of aliphatic hydroxyl groups is 1. The highest BCUT2D eigenvalue weighted by Gasteiger charge is 2.67. The zero-order valence-corrected chi connectivity index (χ0v) is 22.0. The molecule has 0 radical (unpaired) electrons. The molecule has 9 heteroatoms. The predicted molar refractivity (Wildman–Crippen MR) is 142 cm³/mol. The summed E-state index contributed by atoms with van der Waals surface area (Å²) in [6, 6.07) is 8.68.